The van der Waals surface area contributed by atoms with Gasteiger partial charge in [0, 0.05) is 18.0 Å². The van der Waals surface area contributed by atoms with Crippen LogP contribution in [0.1, 0.15) is 12.8 Å². The lowest BCUT2D eigenvalue weighted by Gasteiger charge is -2.23. The van der Waals surface area contributed by atoms with Gasteiger partial charge in [-0.1, -0.05) is 30.3 Å². The van der Waals surface area contributed by atoms with Crippen LogP contribution in [0, 0.1) is 0 Å². The lowest BCUT2D eigenvalue weighted by molar-refractivity contribution is 0.156. The fraction of sp³-hybridized carbons (Fsp3) is 0.333. The normalized spacial score (nSPS) is 16.2. The van der Waals surface area contributed by atoms with Crippen molar-refractivity contribution in [2.75, 3.05) is 13.1 Å². The van der Waals surface area contributed by atoms with Crippen LogP contribution in [0.25, 0.3) is 11.3 Å². The van der Waals surface area contributed by atoms with Crippen molar-refractivity contribution in [1.82, 2.24) is 15.3 Å². The third kappa shape index (κ3) is 2.90. The number of rotatable bonds is 3. The third-order valence-corrected chi connectivity index (χ3v) is 3.28. The number of nitrogens with one attached hydrogen (secondary N) is 1. The maximum atomic E-state index is 6.03. The van der Waals surface area contributed by atoms with Crippen LogP contribution in [-0.4, -0.2) is 29.2 Å². The number of ether oxygens (including phenoxy) is 1. The molecule has 3 rings (SSSR count). The van der Waals surface area contributed by atoms with E-state index < -0.39 is 0 Å². The predicted molar refractivity (Wildman–Crippen MR) is 74.0 cm³/mol. The van der Waals surface area contributed by atoms with Crippen LogP contribution in [0.4, 0.5) is 0 Å². The molecule has 0 atom stereocenters. The predicted octanol–water partition coefficient (Wildman–Crippen LogP) is 2.27. The Hall–Kier alpha value is -1.94. The Morgan fingerprint density at radius 2 is 1.74 bits per heavy atom. The van der Waals surface area contributed by atoms with E-state index in [1.807, 2.05) is 30.3 Å². The fourth-order valence-electron chi connectivity index (χ4n) is 2.28. The summed E-state index contributed by atoms with van der Waals surface area (Å²) in [6.07, 6.45) is 5.66. The van der Waals surface area contributed by atoms with E-state index in [-0.39, 0.29) is 6.10 Å². The van der Waals surface area contributed by atoms with E-state index in [0.29, 0.717) is 5.88 Å². The Bertz CT molecular complexity index is 524. The lowest BCUT2D eigenvalue weighted by Crippen LogP contribution is -2.34. The SMILES string of the molecule is c1ccc(-c2nccnc2OC2CCNCC2)cc1. The second-order valence-corrected chi connectivity index (χ2v) is 4.64. The Balaban J connectivity index is 1.85. The molecule has 4 nitrogen and oxygen atoms in total. The van der Waals surface area contributed by atoms with Crippen molar-refractivity contribution < 1.29 is 4.74 Å². The maximum Gasteiger partial charge on any atom is 0.240 e. The van der Waals surface area contributed by atoms with Gasteiger partial charge < -0.3 is 10.1 Å². The van der Waals surface area contributed by atoms with Crippen LogP contribution >= 0.6 is 0 Å². The van der Waals surface area contributed by atoms with Crippen molar-refractivity contribution in [3.63, 3.8) is 0 Å². The third-order valence-electron chi connectivity index (χ3n) is 3.28. The van der Waals surface area contributed by atoms with E-state index in [2.05, 4.69) is 15.3 Å². The standard InChI is InChI=1S/C15H17N3O/c1-2-4-12(5-3-1)14-15(18-11-10-17-14)19-13-6-8-16-9-7-13/h1-5,10-11,13,16H,6-9H2. The van der Waals surface area contributed by atoms with Gasteiger partial charge >= 0.3 is 0 Å². The largest absolute Gasteiger partial charge is 0.473 e. The summed E-state index contributed by atoms with van der Waals surface area (Å²) in [5, 5.41) is 3.33. The summed E-state index contributed by atoms with van der Waals surface area (Å²) >= 11 is 0. The van der Waals surface area contributed by atoms with Gasteiger partial charge in [0.1, 0.15) is 11.8 Å². The Morgan fingerprint density at radius 3 is 2.53 bits per heavy atom. The van der Waals surface area contributed by atoms with E-state index in [9.17, 15) is 0 Å². The molecule has 98 valence electrons. The van der Waals surface area contributed by atoms with Gasteiger partial charge in [0.25, 0.3) is 0 Å². The van der Waals surface area contributed by atoms with Crippen LogP contribution in [0.15, 0.2) is 42.7 Å². The molecule has 0 amide bonds. The Kier molecular flexibility index (Phi) is 3.70. The summed E-state index contributed by atoms with van der Waals surface area (Å²) in [6.45, 7) is 2.01. The monoisotopic (exact) mass is 255 g/mol. The molecule has 0 bridgehead atoms. The Morgan fingerprint density at radius 1 is 1.00 bits per heavy atom. The minimum Gasteiger partial charge on any atom is -0.473 e. The van der Waals surface area contributed by atoms with Crippen LogP contribution < -0.4 is 10.1 Å². The molecule has 0 saturated carbocycles. The van der Waals surface area contributed by atoms with Crippen LogP contribution in [0.3, 0.4) is 0 Å². The highest BCUT2D eigenvalue weighted by Crippen LogP contribution is 2.26. The molecule has 2 aromatic rings. The van der Waals surface area contributed by atoms with Gasteiger partial charge in [-0.3, -0.25) is 0 Å². The number of piperidine rings is 1. The molecule has 0 radical (unpaired) electrons. The quantitative estimate of drug-likeness (QED) is 0.914. The first-order valence-corrected chi connectivity index (χ1v) is 6.67. The van der Waals surface area contributed by atoms with Crippen molar-refractivity contribution in [3.8, 4) is 17.1 Å². The van der Waals surface area contributed by atoms with Crippen molar-refractivity contribution >= 4 is 0 Å². The van der Waals surface area contributed by atoms with E-state index in [1.165, 1.54) is 0 Å². The van der Waals surface area contributed by atoms with E-state index >= 15 is 0 Å². The fourth-order valence-corrected chi connectivity index (χ4v) is 2.28. The molecule has 2 heterocycles. The molecular formula is C15H17N3O. The maximum absolute atomic E-state index is 6.03. The van der Waals surface area contributed by atoms with Crippen molar-refractivity contribution in [2.24, 2.45) is 0 Å². The van der Waals surface area contributed by atoms with Crippen molar-refractivity contribution in [1.29, 1.82) is 0 Å². The summed E-state index contributed by atoms with van der Waals surface area (Å²) < 4.78 is 6.03. The highest BCUT2D eigenvalue weighted by molar-refractivity contribution is 5.63. The molecule has 0 spiro atoms. The van der Waals surface area contributed by atoms with Crippen LogP contribution in [-0.2, 0) is 0 Å². The van der Waals surface area contributed by atoms with Crippen molar-refractivity contribution in [3.05, 3.63) is 42.7 Å². The number of hydrogen-bond acceptors (Lipinski definition) is 4. The van der Waals surface area contributed by atoms with E-state index in [4.69, 9.17) is 4.74 Å². The zero-order valence-corrected chi connectivity index (χ0v) is 10.7. The summed E-state index contributed by atoms with van der Waals surface area (Å²) in [5.74, 6) is 0.639. The molecule has 19 heavy (non-hydrogen) atoms. The van der Waals surface area contributed by atoms with Gasteiger partial charge in [0.2, 0.25) is 5.88 Å². The minimum atomic E-state index is 0.236. The summed E-state index contributed by atoms with van der Waals surface area (Å²) in [5.41, 5.74) is 1.86. The molecule has 1 aromatic carbocycles. The highest BCUT2D eigenvalue weighted by atomic mass is 16.5. The van der Waals surface area contributed by atoms with Gasteiger partial charge in [0.15, 0.2) is 0 Å². The number of nitrogens with zero attached hydrogens (tertiary/aromatic N) is 2. The zero-order chi connectivity index (χ0) is 12.9. The van der Waals surface area contributed by atoms with Gasteiger partial charge in [-0.15, -0.1) is 0 Å². The zero-order valence-electron chi connectivity index (χ0n) is 10.7. The number of hydrogen-bond donors (Lipinski definition) is 1. The first kappa shape index (κ1) is 12.1. The molecule has 1 aromatic heterocycles. The lowest BCUT2D eigenvalue weighted by atomic mass is 10.1. The smallest absolute Gasteiger partial charge is 0.240 e. The molecule has 0 aliphatic carbocycles. The second kappa shape index (κ2) is 5.80. The molecule has 1 N–H and O–H groups in total. The van der Waals surface area contributed by atoms with Crippen LogP contribution in [0.5, 0.6) is 5.88 Å². The molecule has 1 aliphatic heterocycles. The van der Waals surface area contributed by atoms with Crippen molar-refractivity contribution in [2.45, 2.75) is 18.9 Å². The molecule has 1 fully saturated rings. The molecule has 0 unspecified atom stereocenters. The van der Waals surface area contributed by atoms with Gasteiger partial charge in [-0.25, -0.2) is 9.97 Å². The average Bonchev–Trinajstić information content (AvgIpc) is 2.50. The topological polar surface area (TPSA) is 47.0 Å². The second-order valence-electron chi connectivity index (χ2n) is 4.64. The van der Waals surface area contributed by atoms with E-state index in [0.717, 1.165) is 37.2 Å². The first-order chi connectivity index (χ1) is 9.43. The van der Waals surface area contributed by atoms with Gasteiger partial charge in [0.05, 0.1) is 0 Å². The summed E-state index contributed by atoms with van der Waals surface area (Å²) in [7, 11) is 0. The van der Waals surface area contributed by atoms with Crippen LogP contribution in [0.2, 0.25) is 0 Å². The average molecular weight is 255 g/mol. The summed E-state index contributed by atoms with van der Waals surface area (Å²) in [6, 6.07) is 10.0. The number of aromatic nitrogens is 2. The molecule has 1 aliphatic rings. The van der Waals surface area contributed by atoms with Gasteiger partial charge in [-0.05, 0) is 25.9 Å². The Labute approximate surface area is 112 Å². The first-order valence-electron chi connectivity index (χ1n) is 6.67. The molecule has 1 saturated heterocycles. The van der Waals surface area contributed by atoms with E-state index in [1.54, 1.807) is 12.4 Å². The molecule has 4 heteroatoms. The van der Waals surface area contributed by atoms with Gasteiger partial charge in [-0.2, -0.15) is 0 Å². The minimum absolute atomic E-state index is 0.236. The highest BCUT2D eigenvalue weighted by Gasteiger charge is 2.17. The summed E-state index contributed by atoms with van der Waals surface area (Å²) in [4.78, 5) is 8.76. The number of benzene rings is 1. The molecular weight excluding hydrogens is 238 g/mol.